The molecule has 2 atom stereocenters. The number of fused-ring (bicyclic) bond motifs is 2. The van der Waals surface area contributed by atoms with Crippen LogP contribution in [0.3, 0.4) is 0 Å². The van der Waals surface area contributed by atoms with E-state index < -0.39 is 90.8 Å². The third kappa shape index (κ3) is 14.5. The Morgan fingerprint density at radius 3 is 1.38 bits per heavy atom. The summed E-state index contributed by atoms with van der Waals surface area (Å²) in [5.41, 5.74) is -2.89. The Morgan fingerprint density at radius 2 is 0.931 bits per heavy atom. The molecule has 0 radical (unpaired) electrons. The van der Waals surface area contributed by atoms with Crippen LogP contribution in [-0.4, -0.2) is 123 Å². The lowest BCUT2D eigenvalue weighted by Crippen LogP contribution is -2.49. The molecule has 528 valence electrons. The zero-order valence-electron chi connectivity index (χ0n) is 55.1. The molecule has 2 saturated heterocycles. The number of nitrogens with one attached hydrogen (secondary N) is 6. The first-order valence-electron chi connectivity index (χ1n) is 33.2. The van der Waals surface area contributed by atoms with Crippen molar-refractivity contribution in [2.45, 2.75) is 106 Å². The summed E-state index contributed by atoms with van der Waals surface area (Å²) in [6, 6.07) is 21.8. The van der Waals surface area contributed by atoms with Gasteiger partial charge in [-0.1, -0.05) is 0 Å². The number of likely N-dealkylation sites (tertiary alicyclic amines) is 1. The van der Waals surface area contributed by atoms with E-state index in [0.29, 0.717) is 83.6 Å². The van der Waals surface area contributed by atoms with Crippen LogP contribution in [0.25, 0.3) is 21.8 Å². The highest BCUT2D eigenvalue weighted by Gasteiger charge is 2.58. The fourth-order valence-electron chi connectivity index (χ4n) is 13.3. The number of halogens is 6. The van der Waals surface area contributed by atoms with Crippen molar-refractivity contribution in [2.24, 2.45) is 10.8 Å². The van der Waals surface area contributed by atoms with Crippen LogP contribution in [0.5, 0.6) is 46.0 Å². The van der Waals surface area contributed by atoms with E-state index in [-0.39, 0.29) is 113 Å². The second kappa shape index (κ2) is 27.0. The number of hydrogen-bond donors (Lipinski definition) is 6. The van der Waals surface area contributed by atoms with Gasteiger partial charge >= 0.3 is 0 Å². The minimum Gasteiger partial charge on any atom is -0.493 e. The van der Waals surface area contributed by atoms with Gasteiger partial charge in [-0.25, -0.2) is 34.8 Å². The van der Waals surface area contributed by atoms with Crippen LogP contribution in [0.2, 0.25) is 0 Å². The van der Waals surface area contributed by atoms with E-state index in [0.717, 1.165) is 56.0 Å². The minimum atomic E-state index is -3.00. The van der Waals surface area contributed by atoms with E-state index in [4.69, 9.17) is 28.4 Å². The van der Waals surface area contributed by atoms with Crippen LogP contribution < -0.4 is 60.3 Å². The van der Waals surface area contributed by atoms with Gasteiger partial charge in [0.25, 0.3) is 0 Å². The van der Waals surface area contributed by atoms with Gasteiger partial charge in [0.2, 0.25) is 23.6 Å². The summed E-state index contributed by atoms with van der Waals surface area (Å²) in [6.07, 6.45) is 9.02. The first kappa shape index (κ1) is 68.4. The predicted molar refractivity (Wildman–Crippen MR) is 361 cm³/mol. The van der Waals surface area contributed by atoms with E-state index in [2.05, 4.69) is 41.9 Å². The molecule has 6 aromatic carbocycles. The number of carbonyl (C=O) groups excluding carboxylic acids is 4. The van der Waals surface area contributed by atoms with Gasteiger partial charge in [0.05, 0.1) is 47.8 Å². The Hall–Kier alpha value is -9.77. The Bertz CT molecular complexity index is 4750. The highest BCUT2D eigenvalue weighted by molar-refractivity contribution is 7.91. The number of amides is 4. The van der Waals surface area contributed by atoms with Crippen molar-refractivity contribution < 1.29 is 82.4 Å². The van der Waals surface area contributed by atoms with Crippen LogP contribution >= 0.6 is 0 Å². The summed E-state index contributed by atoms with van der Waals surface area (Å²) in [5.74, 6) is -7.12. The van der Waals surface area contributed by atoms with Gasteiger partial charge in [0.15, 0.2) is 69.4 Å². The molecule has 0 spiro atoms. The number of piperidine rings is 1. The summed E-state index contributed by atoms with van der Waals surface area (Å²) < 4.78 is 151. The smallest absolute Gasteiger partial charge is 0.240 e. The number of rotatable bonds is 25. The molecule has 101 heavy (non-hydrogen) atoms. The molecule has 0 bridgehead atoms. The van der Waals surface area contributed by atoms with Crippen molar-refractivity contribution in [3.63, 3.8) is 0 Å². The number of benzene rings is 6. The molecule has 6 fully saturated rings. The zero-order valence-corrected chi connectivity index (χ0v) is 56.0. The van der Waals surface area contributed by atoms with Crippen LogP contribution in [0.1, 0.15) is 88.7 Å². The molecule has 4 amide bonds. The van der Waals surface area contributed by atoms with E-state index in [1.807, 2.05) is 11.9 Å². The summed E-state index contributed by atoms with van der Waals surface area (Å²) in [4.78, 5) is 65.2. The minimum absolute atomic E-state index is 0.0151. The molecule has 6 N–H and O–H groups in total. The predicted octanol–water partition coefficient (Wildman–Crippen LogP) is 12.3. The van der Waals surface area contributed by atoms with Crippen molar-refractivity contribution in [1.82, 2.24) is 25.5 Å². The number of anilines is 4. The largest absolute Gasteiger partial charge is 0.493 e. The van der Waals surface area contributed by atoms with Crippen molar-refractivity contribution in [3.8, 4) is 46.0 Å². The number of pyridine rings is 2. The summed E-state index contributed by atoms with van der Waals surface area (Å²) in [6.45, 7) is 1.04. The lowest BCUT2D eigenvalue weighted by molar-refractivity contribution is -0.132. The second-order valence-electron chi connectivity index (χ2n) is 27.2. The Labute approximate surface area is 576 Å². The number of aromatic nitrogens is 2. The van der Waals surface area contributed by atoms with Crippen LogP contribution in [0.4, 0.5) is 49.1 Å². The standard InChI is InChI=1S/C73H71F6N9O12S/c1-88-25-12-44(87-71(17-18-71)39-98-64-37-55-47(35-62(64)96-3)58(11-24-81-55)100-59-8-5-42(30-51(59)76)83-67(90)72(19-20-72)66(89)82-41-4-7-49(74)50(75)29-41)33-56(88)48-28-45(32-53(78)65(48)79)85-69(92)73(21-22-73)68(91)84-43-6-9-60(52(77)31-43)99-57-10-23-80-54-36-63(61(95-2)34-46(54)57)97-38-70(15-16-70)86-40-13-26-101(93,94)27-14-40/h4-11,23-24,28-32,34-37,40,44,56,86-87H,12-22,25-27,33,38-39H2,1-3H3,(H,82,89)(H,83,90)(H,84,91)(H,85,92). The molecule has 2 aliphatic heterocycles. The molecule has 28 heteroatoms. The highest BCUT2D eigenvalue weighted by Crippen LogP contribution is 2.51. The van der Waals surface area contributed by atoms with Crippen LogP contribution in [0.15, 0.2) is 116 Å². The van der Waals surface area contributed by atoms with Crippen LogP contribution in [0, 0.1) is 45.7 Å². The molecule has 14 rings (SSSR count). The molecule has 4 aliphatic carbocycles. The number of nitrogens with zero attached hydrogens (tertiary/aromatic N) is 3. The van der Waals surface area contributed by atoms with Crippen molar-refractivity contribution >= 4 is 78.0 Å². The van der Waals surface area contributed by atoms with Gasteiger partial charge in [-0.3, -0.25) is 34.0 Å². The quantitative estimate of drug-likeness (QED) is 0.0230. The SMILES string of the molecule is COc1cc2c(Oc3ccc(NC(=O)C4(C(=O)Nc5cc(F)c(F)c(C6CC(NC7(COc8cc9nccc(Oc%10ccc(NC(=O)C%11(C(=O)Nc%12ccc(F)c(F)c%12)CC%11)cc%10F)c9cc8OC)CC7)CCN6C)c5)CC4)cc3F)ccnc2cc1OCC1(NC2CCS(=O)(=O)CC2)CC1. The molecular formula is C73H71F6N9O12S. The third-order valence-electron chi connectivity index (χ3n) is 20.0. The number of ether oxygens (including phenoxy) is 6. The zero-order chi connectivity index (χ0) is 70.8. The molecular weight excluding hydrogens is 1340 g/mol. The third-order valence-corrected chi connectivity index (χ3v) is 21.8. The van der Waals surface area contributed by atoms with Crippen molar-refractivity contribution in [1.29, 1.82) is 0 Å². The maximum atomic E-state index is 16.1. The summed E-state index contributed by atoms with van der Waals surface area (Å²) in [5, 5.41) is 18.6. The Kier molecular flexibility index (Phi) is 18.3. The van der Waals surface area contributed by atoms with Crippen molar-refractivity contribution in [3.05, 3.63) is 156 Å². The lowest BCUT2D eigenvalue weighted by Gasteiger charge is -2.39. The van der Waals surface area contributed by atoms with Crippen molar-refractivity contribution in [2.75, 3.05) is 73.8 Å². The van der Waals surface area contributed by atoms with Gasteiger partial charge in [-0.2, -0.15) is 0 Å². The van der Waals surface area contributed by atoms with E-state index in [1.165, 1.54) is 63.0 Å². The van der Waals surface area contributed by atoms with E-state index >= 15 is 17.6 Å². The summed E-state index contributed by atoms with van der Waals surface area (Å²) in [7, 11) is 1.77. The number of sulfone groups is 1. The topological polar surface area (TPSA) is 259 Å². The van der Waals surface area contributed by atoms with Gasteiger partial charge in [0.1, 0.15) is 45.4 Å². The summed E-state index contributed by atoms with van der Waals surface area (Å²) >= 11 is 0. The maximum Gasteiger partial charge on any atom is 0.240 e. The Balaban J connectivity index is 0.576. The van der Waals surface area contributed by atoms with Gasteiger partial charge < -0.3 is 60.3 Å². The second-order valence-corrected chi connectivity index (χ2v) is 29.5. The van der Waals surface area contributed by atoms with Gasteiger partial charge in [-0.05, 0) is 157 Å². The Morgan fingerprint density at radius 1 is 0.485 bits per heavy atom. The first-order valence-corrected chi connectivity index (χ1v) is 35.1. The monoisotopic (exact) mass is 1410 g/mol. The number of carbonyl (C=O) groups is 4. The molecule has 21 nitrogen and oxygen atoms in total. The molecule has 2 aromatic heterocycles. The fourth-order valence-corrected chi connectivity index (χ4v) is 14.8. The fraction of sp³-hybridized carbons (Fsp3) is 0.370. The van der Waals surface area contributed by atoms with Crippen LogP contribution in [-0.2, 0) is 29.0 Å². The highest BCUT2D eigenvalue weighted by atomic mass is 32.2. The lowest BCUT2D eigenvalue weighted by atomic mass is 9.90. The molecule has 2 unspecified atom stereocenters. The van der Waals surface area contributed by atoms with E-state index in [1.54, 1.807) is 36.4 Å². The molecule has 4 heterocycles. The average Bonchev–Trinajstić information content (AvgIpc) is 1.28. The average molecular weight is 1410 g/mol. The number of hydrogen-bond acceptors (Lipinski definition) is 17. The number of methoxy groups -OCH3 is 2. The van der Waals surface area contributed by atoms with Gasteiger partial charge in [-0.15, -0.1) is 0 Å². The van der Waals surface area contributed by atoms with Gasteiger partial charge in [0, 0.05) is 106 Å². The normalized spacial score (nSPS) is 19.7. The molecule has 8 aromatic rings. The molecule has 4 saturated carbocycles. The maximum absolute atomic E-state index is 16.1. The van der Waals surface area contributed by atoms with E-state index in [9.17, 15) is 36.4 Å². The molecule has 6 aliphatic rings. The first-order chi connectivity index (χ1) is 48.4.